The molecule has 2 N–H and O–H groups in total. The molecule has 2 atom stereocenters. The number of rotatable bonds is 5. The molecule has 2 rings (SSSR count). The molecule has 1 amide bonds. The third-order valence-corrected chi connectivity index (χ3v) is 5.22. The molecule has 2 aliphatic rings. The Morgan fingerprint density at radius 3 is 2.48 bits per heavy atom. The number of ether oxygens (including phenoxy) is 1. The summed E-state index contributed by atoms with van der Waals surface area (Å²) in [5.74, 6) is -1.21. The van der Waals surface area contributed by atoms with Crippen LogP contribution in [-0.2, 0) is 14.3 Å². The van der Waals surface area contributed by atoms with Gasteiger partial charge in [-0.1, -0.05) is 19.4 Å². The van der Waals surface area contributed by atoms with Gasteiger partial charge in [0.05, 0.1) is 6.10 Å². The minimum atomic E-state index is -1.24. The van der Waals surface area contributed by atoms with Crippen molar-refractivity contribution in [2.45, 2.75) is 65.0 Å². The van der Waals surface area contributed by atoms with Crippen molar-refractivity contribution in [2.75, 3.05) is 6.61 Å². The fourth-order valence-corrected chi connectivity index (χ4v) is 3.51. The second kappa shape index (κ2) is 5.44. The average Bonchev–Trinajstić information content (AvgIpc) is 2.83. The Morgan fingerprint density at radius 1 is 1.38 bits per heavy atom. The van der Waals surface area contributed by atoms with Crippen LogP contribution in [0.1, 0.15) is 53.4 Å². The first-order chi connectivity index (χ1) is 9.76. The smallest absolute Gasteiger partial charge is 0.330 e. The highest BCUT2D eigenvalue weighted by molar-refractivity contribution is 5.99. The maximum absolute atomic E-state index is 12.4. The predicted octanol–water partition coefficient (Wildman–Crippen LogP) is 2.26. The molecule has 2 unspecified atom stereocenters. The molecule has 1 saturated carbocycles. The van der Waals surface area contributed by atoms with Crippen LogP contribution in [-0.4, -0.2) is 35.2 Å². The van der Waals surface area contributed by atoms with Gasteiger partial charge in [-0.15, -0.1) is 0 Å². The molecule has 21 heavy (non-hydrogen) atoms. The van der Waals surface area contributed by atoms with Gasteiger partial charge in [-0.2, -0.15) is 0 Å². The van der Waals surface area contributed by atoms with Crippen LogP contribution >= 0.6 is 0 Å². The lowest BCUT2D eigenvalue weighted by molar-refractivity contribution is -0.194. The monoisotopic (exact) mass is 295 g/mol. The minimum Gasteiger partial charge on any atom is -0.479 e. The Balaban J connectivity index is 2.20. The largest absolute Gasteiger partial charge is 0.479 e. The number of hydrogen-bond acceptors (Lipinski definition) is 3. The number of aliphatic carboxylic acids is 1. The summed E-state index contributed by atoms with van der Waals surface area (Å²) in [6, 6.07) is 0. The van der Waals surface area contributed by atoms with Gasteiger partial charge < -0.3 is 15.2 Å². The molecular formula is C16H25NO4. The second-order valence-electron chi connectivity index (χ2n) is 6.65. The van der Waals surface area contributed by atoms with Crippen molar-refractivity contribution in [1.29, 1.82) is 0 Å². The molecule has 5 heteroatoms. The zero-order valence-electron chi connectivity index (χ0n) is 13.3. The van der Waals surface area contributed by atoms with Gasteiger partial charge in [-0.25, -0.2) is 4.79 Å². The Hall–Kier alpha value is -1.36. The van der Waals surface area contributed by atoms with Crippen molar-refractivity contribution in [2.24, 2.45) is 5.41 Å². The van der Waals surface area contributed by atoms with Gasteiger partial charge >= 0.3 is 5.97 Å². The topological polar surface area (TPSA) is 75.6 Å². The highest BCUT2D eigenvalue weighted by atomic mass is 16.5. The number of carboxylic acid groups (broad SMARTS) is 1. The lowest BCUT2D eigenvalue weighted by Gasteiger charge is -2.58. The molecular weight excluding hydrogens is 270 g/mol. The maximum Gasteiger partial charge on any atom is 0.330 e. The van der Waals surface area contributed by atoms with Crippen LogP contribution in [0.5, 0.6) is 0 Å². The van der Waals surface area contributed by atoms with Crippen molar-refractivity contribution in [3.63, 3.8) is 0 Å². The van der Waals surface area contributed by atoms with E-state index in [9.17, 15) is 14.7 Å². The lowest BCUT2D eigenvalue weighted by Crippen LogP contribution is -2.76. The second-order valence-corrected chi connectivity index (χ2v) is 6.65. The average molecular weight is 295 g/mol. The van der Waals surface area contributed by atoms with Crippen LogP contribution in [0.15, 0.2) is 11.1 Å². The standard InChI is InChI=1S/C16H25NO4/c1-5-21-12-9-16(14(19)20,15(12,3)4)17-13(18)11-8-6-7-10(11)2/h12H,5-9H2,1-4H3,(H,17,18)(H,19,20). The Labute approximate surface area is 125 Å². The third-order valence-electron chi connectivity index (χ3n) is 5.22. The van der Waals surface area contributed by atoms with Crippen LogP contribution in [0.25, 0.3) is 0 Å². The Morgan fingerprint density at radius 2 is 2.05 bits per heavy atom. The molecule has 2 aliphatic carbocycles. The SMILES string of the molecule is CCOC1CC(NC(=O)C2=C(C)CCC2)(C(=O)O)C1(C)C. The molecule has 0 bridgehead atoms. The van der Waals surface area contributed by atoms with Crippen molar-refractivity contribution in [1.82, 2.24) is 5.32 Å². The molecule has 5 nitrogen and oxygen atoms in total. The van der Waals surface area contributed by atoms with Crippen molar-refractivity contribution < 1.29 is 19.4 Å². The maximum atomic E-state index is 12.4. The van der Waals surface area contributed by atoms with Gasteiger partial charge in [-0.3, -0.25) is 4.79 Å². The zero-order chi connectivity index (χ0) is 15.8. The van der Waals surface area contributed by atoms with Crippen LogP contribution < -0.4 is 5.32 Å². The number of allylic oxidation sites excluding steroid dienone is 1. The van der Waals surface area contributed by atoms with Gasteiger partial charge in [-0.05, 0) is 33.1 Å². The Kier molecular flexibility index (Phi) is 4.15. The molecule has 0 aromatic carbocycles. The first kappa shape index (κ1) is 16.0. The lowest BCUT2D eigenvalue weighted by atomic mass is 9.54. The molecule has 0 saturated heterocycles. The number of carboxylic acids is 1. The summed E-state index contributed by atoms with van der Waals surface area (Å²) in [6.07, 6.45) is 2.81. The quantitative estimate of drug-likeness (QED) is 0.815. The molecule has 118 valence electrons. The van der Waals surface area contributed by atoms with Crippen molar-refractivity contribution in [3.05, 3.63) is 11.1 Å². The van der Waals surface area contributed by atoms with Gasteiger partial charge in [0, 0.05) is 24.0 Å². The van der Waals surface area contributed by atoms with Gasteiger partial charge in [0.25, 0.3) is 0 Å². The third kappa shape index (κ3) is 2.37. The zero-order valence-corrected chi connectivity index (χ0v) is 13.3. The van der Waals surface area contributed by atoms with Gasteiger partial charge in [0.1, 0.15) is 5.54 Å². The van der Waals surface area contributed by atoms with Gasteiger partial charge in [0.15, 0.2) is 0 Å². The molecule has 0 aliphatic heterocycles. The summed E-state index contributed by atoms with van der Waals surface area (Å²) >= 11 is 0. The van der Waals surface area contributed by atoms with E-state index >= 15 is 0 Å². The van der Waals surface area contributed by atoms with E-state index in [1.807, 2.05) is 27.7 Å². The van der Waals surface area contributed by atoms with E-state index in [4.69, 9.17) is 4.74 Å². The van der Waals surface area contributed by atoms with E-state index in [0.29, 0.717) is 13.0 Å². The first-order valence-electron chi connectivity index (χ1n) is 7.62. The van der Waals surface area contributed by atoms with E-state index in [-0.39, 0.29) is 12.0 Å². The van der Waals surface area contributed by atoms with Gasteiger partial charge in [0.2, 0.25) is 5.91 Å². The number of carbonyl (C=O) groups excluding carboxylic acids is 1. The van der Waals surface area contributed by atoms with Crippen LogP contribution in [0, 0.1) is 5.41 Å². The summed E-state index contributed by atoms with van der Waals surface area (Å²) in [5.41, 5.74) is -0.0324. The molecule has 0 heterocycles. The molecule has 0 aromatic heterocycles. The first-order valence-corrected chi connectivity index (χ1v) is 7.62. The highest BCUT2D eigenvalue weighted by Gasteiger charge is 2.66. The van der Waals surface area contributed by atoms with E-state index < -0.39 is 16.9 Å². The number of hydrogen-bond donors (Lipinski definition) is 2. The summed E-state index contributed by atoms with van der Waals surface area (Å²) < 4.78 is 5.60. The summed E-state index contributed by atoms with van der Waals surface area (Å²) in [4.78, 5) is 24.3. The fourth-order valence-electron chi connectivity index (χ4n) is 3.51. The van der Waals surface area contributed by atoms with E-state index in [0.717, 1.165) is 30.4 Å². The number of nitrogens with one attached hydrogen (secondary N) is 1. The van der Waals surface area contributed by atoms with Crippen molar-refractivity contribution in [3.8, 4) is 0 Å². The highest BCUT2D eigenvalue weighted by Crippen LogP contribution is 2.51. The molecule has 0 spiro atoms. The predicted molar refractivity (Wildman–Crippen MR) is 78.9 cm³/mol. The van der Waals surface area contributed by atoms with E-state index in [1.54, 1.807) is 0 Å². The van der Waals surface area contributed by atoms with Crippen LogP contribution in [0.2, 0.25) is 0 Å². The van der Waals surface area contributed by atoms with Crippen LogP contribution in [0.4, 0.5) is 0 Å². The number of amides is 1. The summed E-state index contributed by atoms with van der Waals surface area (Å²) in [7, 11) is 0. The fraction of sp³-hybridized carbons (Fsp3) is 0.750. The number of carbonyl (C=O) groups is 2. The Bertz CT molecular complexity index is 495. The molecule has 0 radical (unpaired) electrons. The van der Waals surface area contributed by atoms with Crippen LogP contribution in [0.3, 0.4) is 0 Å². The van der Waals surface area contributed by atoms with E-state index in [2.05, 4.69) is 5.32 Å². The molecule has 1 fully saturated rings. The summed E-state index contributed by atoms with van der Waals surface area (Å²) in [6.45, 7) is 8.08. The molecule has 0 aromatic rings. The summed E-state index contributed by atoms with van der Waals surface area (Å²) in [5, 5.41) is 12.5. The minimum absolute atomic E-state index is 0.141. The van der Waals surface area contributed by atoms with E-state index in [1.165, 1.54) is 0 Å². The van der Waals surface area contributed by atoms with Crippen molar-refractivity contribution >= 4 is 11.9 Å². The normalized spacial score (nSPS) is 31.0.